The lowest BCUT2D eigenvalue weighted by molar-refractivity contribution is -0.145. The van der Waals surface area contributed by atoms with Gasteiger partial charge in [0.25, 0.3) is 0 Å². The van der Waals surface area contributed by atoms with Gasteiger partial charge < -0.3 is 4.74 Å². The van der Waals surface area contributed by atoms with E-state index in [2.05, 4.69) is 4.74 Å². The van der Waals surface area contributed by atoms with Crippen molar-refractivity contribution >= 4 is 25.7 Å². The summed E-state index contributed by atoms with van der Waals surface area (Å²) in [5.74, 6) is -0.647. The summed E-state index contributed by atoms with van der Waals surface area (Å²) in [6, 6.07) is 0. The second kappa shape index (κ2) is 3.84. The summed E-state index contributed by atoms with van der Waals surface area (Å²) < 4.78 is 26.3. The van der Waals surface area contributed by atoms with E-state index in [0.29, 0.717) is 19.3 Å². The number of ether oxygens (including phenoxy) is 1. The number of esters is 1. The van der Waals surface area contributed by atoms with E-state index >= 15 is 0 Å². The van der Waals surface area contributed by atoms with Gasteiger partial charge in [-0.05, 0) is 19.3 Å². The Balaban J connectivity index is 2.60. The van der Waals surface area contributed by atoms with Gasteiger partial charge >= 0.3 is 5.97 Å². The third kappa shape index (κ3) is 2.57. The first-order chi connectivity index (χ1) is 5.95. The van der Waals surface area contributed by atoms with Crippen LogP contribution in [0.1, 0.15) is 19.3 Å². The third-order valence-electron chi connectivity index (χ3n) is 2.32. The Kier molecular flexibility index (Phi) is 3.18. The number of methoxy groups -OCH3 is 1. The maximum Gasteiger partial charge on any atom is 0.308 e. The van der Waals surface area contributed by atoms with Crippen molar-refractivity contribution in [3.8, 4) is 0 Å². The molecule has 0 aromatic carbocycles. The summed E-state index contributed by atoms with van der Waals surface area (Å²) in [6.45, 7) is 0. The maximum atomic E-state index is 11.0. The van der Waals surface area contributed by atoms with Gasteiger partial charge in [-0.25, -0.2) is 8.42 Å². The van der Waals surface area contributed by atoms with Crippen LogP contribution in [0, 0.1) is 5.92 Å². The van der Waals surface area contributed by atoms with Crippen LogP contribution in [0.2, 0.25) is 0 Å². The predicted octanol–water partition coefficient (Wildman–Crippen LogP) is 0.897. The maximum absolute atomic E-state index is 11.0. The van der Waals surface area contributed by atoms with Gasteiger partial charge in [-0.1, -0.05) is 0 Å². The molecule has 1 aliphatic carbocycles. The fraction of sp³-hybridized carbons (Fsp3) is 0.857. The van der Waals surface area contributed by atoms with Gasteiger partial charge in [-0.3, -0.25) is 4.79 Å². The van der Waals surface area contributed by atoms with Gasteiger partial charge in [0, 0.05) is 10.7 Å². The molecule has 1 aliphatic rings. The Morgan fingerprint density at radius 2 is 2.08 bits per heavy atom. The monoisotopic (exact) mass is 226 g/mol. The second-order valence-corrected chi connectivity index (χ2v) is 6.04. The summed E-state index contributed by atoms with van der Waals surface area (Å²) in [4.78, 5) is 11.0. The minimum Gasteiger partial charge on any atom is -0.469 e. The van der Waals surface area contributed by atoms with Crippen molar-refractivity contribution < 1.29 is 17.9 Å². The Hall–Kier alpha value is -0.290. The molecule has 1 rings (SSSR count). The van der Waals surface area contributed by atoms with Crippen molar-refractivity contribution in [3.63, 3.8) is 0 Å². The third-order valence-corrected chi connectivity index (χ3v) is 4.30. The minimum atomic E-state index is -3.51. The van der Waals surface area contributed by atoms with Crippen molar-refractivity contribution in [3.05, 3.63) is 0 Å². The van der Waals surface area contributed by atoms with E-state index in [1.807, 2.05) is 0 Å². The first kappa shape index (κ1) is 10.8. The molecule has 1 saturated carbocycles. The SMILES string of the molecule is COC(=O)[C@H]1CC[C@@H](S(=O)(=O)Cl)C1. The summed E-state index contributed by atoms with van der Waals surface area (Å²) >= 11 is 0. The van der Waals surface area contributed by atoms with Gasteiger partial charge in [-0.2, -0.15) is 0 Å². The van der Waals surface area contributed by atoms with Crippen LogP contribution in [0.5, 0.6) is 0 Å². The molecule has 1 fully saturated rings. The van der Waals surface area contributed by atoms with Crippen LogP contribution in [0.15, 0.2) is 0 Å². The molecule has 0 radical (unpaired) electrons. The molecule has 76 valence electrons. The molecule has 0 N–H and O–H groups in total. The van der Waals surface area contributed by atoms with Gasteiger partial charge in [0.15, 0.2) is 0 Å². The van der Waals surface area contributed by atoms with Gasteiger partial charge in [0.2, 0.25) is 9.05 Å². The molecule has 0 aromatic rings. The Labute approximate surface area is 81.6 Å². The molecule has 0 unspecified atom stereocenters. The van der Waals surface area contributed by atoms with Crippen molar-refractivity contribution in [2.24, 2.45) is 5.92 Å². The first-order valence-corrected chi connectivity index (χ1v) is 6.33. The van der Waals surface area contributed by atoms with E-state index in [4.69, 9.17) is 10.7 Å². The lowest BCUT2D eigenvalue weighted by Gasteiger charge is -2.06. The molecule has 0 bridgehead atoms. The molecule has 0 spiro atoms. The Morgan fingerprint density at radius 1 is 1.46 bits per heavy atom. The highest BCUT2D eigenvalue weighted by molar-refractivity contribution is 8.14. The van der Waals surface area contributed by atoms with E-state index in [0.717, 1.165) is 0 Å². The zero-order chi connectivity index (χ0) is 10.1. The average molecular weight is 227 g/mol. The molecule has 6 heteroatoms. The highest BCUT2D eigenvalue weighted by Crippen LogP contribution is 2.32. The molecule has 4 nitrogen and oxygen atoms in total. The van der Waals surface area contributed by atoms with Crippen molar-refractivity contribution in [2.45, 2.75) is 24.5 Å². The van der Waals surface area contributed by atoms with E-state index in [9.17, 15) is 13.2 Å². The number of carbonyl (C=O) groups excluding carboxylic acids is 1. The Morgan fingerprint density at radius 3 is 2.46 bits per heavy atom. The number of hydrogen-bond donors (Lipinski definition) is 0. The number of halogens is 1. The highest BCUT2D eigenvalue weighted by atomic mass is 35.7. The Bertz CT molecular complexity index is 298. The summed E-state index contributed by atoms with van der Waals surface area (Å²) in [6.07, 6.45) is 1.29. The molecule has 0 heterocycles. The summed E-state index contributed by atoms with van der Waals surface area (Å²) in [5.41, 5.74) is 0. The van der Waals surface area contributed by atoms with E-state index in [1.165, 1.54) is 7.11 Å². The second-order valence-electron chi connectivity index (χ2n) is 3.13. The topological polar surface area (TPSA) is 60.4 Å². The normalized spacial score (nSPS) is 28.8. The number of carbonyl (C=O) groups is 1. The lowest BCUT2D eigenvalue weighted by atomic mass is 10.1. The summed E-state index contributed by atoms with van der Waals surface area (Å²) in [5, 5.41) is -0.585. The van der Waals surface area contributed by atoms with Crippen molar-refractivity contribution in [2.75, 3.05) is 7.11 Å². The first-order valence-electron chi connectivity index (χ1n) is 3.96. The fourth-order valence-electron chi connectivity index (χ4n) is 1.58. The van der Waals surface area contributed by atoms with Crippen molar-refractivity contribution in [1.82, 2.24) is 0 Å². The standard InChI is InChI=1S/C7H11ClO4S/c1-12-7(9)5-2-3-6(4-5)13(8,10)11/h5-6H,2-4H2,1H3/t5-,6+/m0/s1. The van der Waals surface area contributed by atoms with Crippen LogP contribution >= 0.6 is 10.7 Å². The minimum absolute atomic E-state index is 0.290. The largest absolute Gasteiger partial charge is 0.469 e. The van der Waals surface area contributed by atoms with Crippen molar-refractivity contribution in [1.29, 1.82) is 0 Å². The molecule has 0 amide bonds. The van der Waals surface area contributed by atoms with E-state index in [1.54, 1.807) is 0 Å². The molecule has 13 heavy (non-hydrogen) atoms. The number of rotatable bonds is 2. The number of hydrogen-bond acceptors (Lipinski definition) is 4. The van der Waals surface area contributed by atoms with Gasteiger partial charge in [0.1, 0.15) is 0 Å². The van der Waals surface area contributed by atoms with Crippen LogP contribution in [-0.4, -0.2) is 26.7 Å². The zero-order valence-corrected chi connectivity index (χ0v) is 8.77. The van der Waals surface area contributed by atoms with E-state index < -0.39 is 14.3 Å². The van der Waals surface area contributed by atoms with Gasteiger partial charge in [0.05, 0.1) is 18.3 Å². The molecular formula is C7H11ClO4S. The molecule has 2 atom stereocenters. The highest BCUT2D eigenvalue weighted by Gasteiger charge is 2.36. The van der Waals surface area contributed by atoms with Crippen LogP contribution in [0.4, 0.5) is 0 Å². The zero-order valence-electron chi connectivity index (χ0n) is 7.20. The molecule has 0 aliphatic heterocycles. The van der Waals surface area contributed by atoms with E-state index in [-0.39, 0.29) is 11.9 Å². The quantitative estimate of drug-likeness (QED) is 0.519. The molecule has 0 saturated heterocycles. The smallest absolute Gasteiger partial charge is 0.308 e. The fourth-order valence-corrected chi connectivity index (χ4v) is 2.94. The summed E-state index contributed by atoms with van der Waals surface area (Å²) in [7, 11) is 2.96. The van der Waals surface area contributed by atoms with Crippen LogP contribution in [-0.2, 0) is 18.6 Å². The van der Waals surface area contributed by atoms with Crippen LogP contribution < -0.4 is 0 Å². The molecular weight excluding hydrogens is 216 g/mol. The average Bonchev–Trinajstić information content (AvgIpc) is 2.50. The predicted molar refractivity (Wildman–Crippen MR) is 47.9 cm³/mol. The van der Waals surface area contributed by atoms with Crippen LogP contribution in [0.25, 0.3) is 0 Å². The lowest BCUT2D eigenvalue weighted by Crippen LogP contribution is -2.16. The van der Waals surface area contributed by atoms with Crippen LogP contribution in [0.3, 0.4) is 0 Å². The van der Waals surface area contributed by atoms with Gasteiger partial charge in [-0.15, -0.1) is 0 Å². The molecule has 0 aromatic heterocycles.